The standard InChI is InChI=1S/C33H38N2O8S/c1-9-41-26-15-21(11-12-24(26)43-17-28(36)40-8)30-29(32(38)42-10-2)20(6)34-33-35(30)31(37)27(44-33)16-22-14-23(18(3)4)25(39-7)13-19(22)5/h11-16,18,30H,9-10,17H2,1-8H3/b27-16-/t30-/m0/s1. The lowest BCUT2D eigenvalue weighted by Gasteiger charge is -2.25. The molecule has 0 N–H and O–H groups in total. The fourth-order valence-corrected chi connectivity index (χ4v) is 6.06. The summed E-state index contributed by atoms with van der Waals surface area (Å²) >= 11 is 1.25. The van der Waals surface area contributed by atoms with Gasteiger partial charge in [-0.25, -0.2) is 14.6 Å². The molecule has 11 heteroatoms. The highest BCUT2D eigenvalue weighted by Crippen LogP contribution is 2.36. The number of thiazole rings is 1. The van der Waals surface area contributed by atoms with Gasteiger partial charge < -0.3 is 23.7 Å². The molecule has 3 aromatic rings. The maximum atomic E-state index is 14.2. The Morgan fingerprint density at radius 1 is 1.02 bits per heavy atom. The predicted molar refractivity (Wildman–Crippen MR) is 167 cm³/mol. The molecule has 10 nitrogen and oxygen atoms in total. The number of aromatic nitrogens is 1. The molecule has 0 aliphatic carbocycles. The molecule has 0 unspecified atom stereocenters. The van der Waals surface area contributed by atoms with E-state index in [-0.39, 0.29) is 30.3 Å². The van der Waals surface area contributed by atoms with Gasteiger partial charge in [0, 0.05) is 0 Å². The normalized spacial score (nSPS) is 14.7. The van der Waals surface area contributed by atoms with E-state index in [9.17, 15) is 14.4 Å². The number of benzene rings is 2. The Bertz CT molecular complexity index is 1780. The van der Waals surface area contributed by atoms with Crippen LogP contribution in [-0.4, -0.2) is 50.5 Å². The number of aryl methyl sites for hydroxylation is 1. The Kier molecular flexibility index (Phi) is 10.3. The summed E-state index contributed by atoms with van der Waals surface area (Å²) in [4.78, 5) is 44.3. The van der Waals surface area contributed by atoms with Crippen LogP contribution < -0.4 is 29.1 Å². The summed E-state index contributed by atoms with van der Waals surface area (Å²) in [6.07, 6.45) is 1.86. The van der Waals surface area contributed by atoms with Crippen molar-refractivity contribution in [1.29, 1.82) is 0 Å². The van der Waals surface area contributed by atoms with Gasteiger partial charge in [-0.15, -0.1) is 0 Å². The third kappa shape index (κ3) is 6.57. The number of hydrogen-bond donors (Lipinski definition) is 0. The minimum atomic E-state index is -0.843. The van der Waals surface area contributed by atoms with E-state index in [1.165, 1.54) is 23.0 Å². The average molecular weight is 623 g/mol. The van der Waals surface area contributed by atoms with Crippen LogP contribution in [0.4, 0.5) is 0 Å². The number of carbonyl (C=O) groups is 2. The molecule has 1 aromatic heterocycles. The van der Waals surface area contributed by atoms with E-state index in [2.05, 4.69) is 23.6 Å². The first-order chi connectivity index (χ1) is 21.0. The minimum Gasteiger partial charge on any atom is -0.496 e. The molecule has 0 fully saturated rings. The van der Waals surface area contributed by atoms with Crippen molar-refractivity contribution in [3.05, 3.63) is 83.5 Å². The number of allylic oxidation sites excluding steroid dienone is 1. The zero-order valence-electron chi connectivity index (χ0n) is 26.3. The highest BCUT2D eigenvalue weighted by molar-refractivity contribution is 7.07. The van der Waals surface area contributed by atoms with Gasteiger partial charge in [0.1, 0.15) is 5.75 Å². The summed E-state index contributed by atoms with van der Waals surface area (Å²) in [5.41, 5.74) is 3.88. The molecule has 0 amide bonds. The molecule has 0 spiro atoms. The lowest BCUT2D eigenvalue weighted by Crippen LogP contribution is -2.40. The molecule has 0 saturated heterocycles. The topological polar surface area (TPSA) is 115 Å². The zero-order chi connectivity index (χ0) is 32.1. The second-order valence-electron chi connectivity index (χ2n) is 10.4. The fraction of sp³-hybridized carbons (Fsp3) is 0.394. The summed E-state index contributed by atoms with van der Waals surface area (Å²) < 4.78 is 29.2. The van der Waals surface area contributed by atoms with Gasteiger partial charge in [-0.2, -0.15) is 0 Å². The second-order valence-corrected chi connectivity index (χ2v) is 11.4. The van der Waals surface area contributed by atoms with E-state index in [0.717, 1.165) is 22.4 Å². The van der Waals surface area contributed by atoms with Gasteiger partial charge in [-0.05, 0) is 86.2 Å². The minimum absolute atomic E-state index is 0.159. The Hall–Kier alpha value is -4.38. The number of rotatable bonds is 11. The Morgan fingerprint density at radius 2 is 1.77 bits per heavy atom. The number of nitrogens with zero attached hydrogens (tertiary/aromatic N) is 2. The zero-order valence-corrected chi connectivity index (χ0v) is 27.1. The molecule has 1 aliphatic heterocycles. The van der Waals surface area contributed by atoms with Crippen molar-refractivity contribution in [2.45, 2.75) is 53.5 Å². The average Bonchev–Trinajstić information content (AvgIpc) is 3.30. The smallest absolute Gasteiger partial charge is 0.343 e. The molecular formula is C33H38N2O8S. The molecule has 0 bridgehead atoms. The molecule has 2 aromatic carbocycles. The summed E-state index contributed by atoms with van der Waals surface area (Å²) in [6, 6.07) is 8.26. The highest BCUT2D eigenvalue weighted by Gasteiger charge is 2.34. The van der Waals surface area contributed by atoms with Crippen molar-refractivity contribution in [1.82, 2.24) is 4.57 Å². The first-order valence-corrected chi connectivity index (χ1v) is 15.2. The second kappa shape index (κ2) is 13.9. The Labute approximate surface area is 260 Å². The maximum Gasteiger partial charge on any atom is 0.343 e. The summed E-state index contributed by atoms with van der Waals surface area (Å²) in [5, 5.41) is 0. The van der Waals surface area contributed by atoms with Crippen LogP contribution in [0.25, 0.3) is 6.08 Å². The number of carbonyl (C=O) groups excluding carboxylic acids is 2. The maximum absolute atomic E-state index is 14.2. The van der Waals surface area contributed by atoms with E-state index < -0.39 is 18.0 Å². The van der Waals surface area contributed by atoms with E-state index in [0.29, 0.717) is 38.7 Å². The lowest BCUT2D eigenvalue weighted by molar-refractivity contribution is -0.143. The van der Waals surface area contributed by atoms with Crippen molar-refractivity contribution in [3.8, 4) is 17.2 Å². The van der Waals surface area contributed by atoms with Gasteiger partial charge >= 0.3 is 11.9 Å². The largest absolute Gasteiger partial charge is 0.496 e. The van der Waals surface area contributed by atoms with E-state index in [1.807, 2.05) is 32.1 Å². The molecule has 1 atom stereocenters. The van der Waals surface area contributed by atoms with Crippen LogP contribution in [0, 0.1) is 6.92 Å². The quantitative estimate of drug-likeness (QED) is 0.293. The van der Waals surface area contributed by atoms with Gasteiger partial charge in [0.05, 0.1) is 49.3 Å². The van der Waals surface area contributed by atoms with Crippen molar-refractivity contribution in [2.75, 3.05) is 34.0 Å². The van der Waals surface area contributed by atoms with E-state index >= 15 is 0 Å². The van der Waals surface area contributed by atoms with Crippen molar-refractivity contribution >= 4 is 29.4 Å². The molecule has 234 valence electrons. The number of esters is 2. The fourth-order valence-electron chi connectivity index (χ4n) is 5.03. The summed E-state index contributed by atoms with van der Waals surface area (Å²) in [7, 11) is 2.93. The third-order valence-corrected chi connectivity index (χ3v) is 8.18. The van der Waals surface area contributed by atoms with Gasteiger partial charge in [-0.1, -0.05) is 31.3 Å². The third-order valence-electron chi connectivity index (χ3n) is 7.20. The number of hydrogen-bond acceptors (Lipinski definition) is 10. The molecule has 0 saturated carbocycles. The van der Waals surface area contributed by atoms with Crippen LogP contribution >= 0.6 is 11.3 Å². The molecule has 1 aliphatic rings. The molecule has 0 radical (unpaired) electrons. The lowest BCUT2D eigenvalue weighted by atomic mass is 9.95. The molecular weight excluding hydrogens is 584 g/mol. The monoisotopic (exact) mass is 622 g/mol. The van der Waals surface area contributed by atoms with Crippen LogP contribution in [0.3, 0.4) is 0 Å². The Morgan fingerprint density at radius 3 is 2.41 bits per heavy atom. The highest BCUT2D eigenvalue weighted by atomic mass is 32.1. The van der Waals surface area contributed by atoms with Crippen LogP contribution in [0.5, 0.6) is 17.2 Å². The van der Waals surface area contributed by atoms with E-state index in [1.54, 1.807) is 39.2 Å². The van der Waals surface area contributed by atoms with Crippen LogP contribution in [-0.2, 0) is 19.1 Å². The predicted octanol–water partition coefficient (Wildman–Crippen LogP) is 4.19. The van der Waals surface area contributed by atoms with Gasteiger partial charge in [0.2, 0.25) is 0 Å². The first-order valence-electron chi connectivity index (χ1n) is 14.4. The number of ether oxygens (including phenoxy) is 5. The van der Waals surface area contributed by atoms with Crippen LogP contribution in [0.2, 0.25) is 0 Å². The van der Waals surface area contributed by atoms with Crippen molar-refractivity contribution < 1.29 is 33.3 Å². The van der Waals surface area contributed by atoms with E-state index in [4.69, 9.17) is 18.9 Å². The van der Waals surface area contributed by atoms with Crippen LogP contribution in [0.15, 0.2) is 51.4 Å². The van der Waals surface area contributed by atoms with Gasteiger partial charge in [0.15, 0.2) is 22.9 Å². The van der Waals surface area contributed by atoms with Crippen molar-refractivity contribution in [3.63, 3.8) is 0 Å². The molecule has 2 heterocycles. The van der Waals surface area contributed by atoms with Gasteiger partial charge in [-0.3, -0.25) is 9.36 Å². The SMILES string of the molecule is CCOC(=O)C1=C(C)N=c2s/c(=C\c3cc(C(C)C)c(OC)cc3C)c(=O)n2[C@H]1c1ccc(OCC(=O)OC)c(OCC)c1. The summed E-state index contributed by atoms with van der Waals surface area (Å²) in [5.74, 6) is 0.582. The van der Waals surface area contributed by atoms with Crippen molar-refractivity contribution in [2.24, 2.45) is 4.99 Å². The van der Waals surface area contributed by atoms with Gasteiger partial charge in [0.25, 0.3) is 5.56 Å². The number of fused-ring (bicyclic) bond motifs is 1. The molecule has 44 heavy (non-hydrogen) atoms. The molecule has 4 rings (SSSR count). The van der Waals surface area contributed by atoms with Crippen LogP contribution in [0.1, 0.15) is 68.8 Å². The number of methoxy groups -OCH3 is 2. The Balaban J connectivity index is 1.93. The first kappa shape index (κ1) is 32.5. The summed E-state index contributed by atoms with van der Waals surface area (Å²) in [6.45, 7) is 11.6.